The van der Waals surface area contributed by atoms with Gasteiger partial charge in [-0.25, -0.2) is 4.39 Å². The van der Waals surface area contributed by atoms with Crippen LogP contribution >= 0.6 is 0 Å². The molecule has 0 unspecified atom stereocenters. The van der Waals surface area contributed by atoms with Gasteiger partial charge in [-0.2, -0.15) is 0 Å². The molecule has 2 aromatic rings. The summed E-state index contributed by atoms with van der Waals surface area (Å²) >= 11 is 0. The minimum atomic E-state index is -0.706. The van der Waals surface area contributed by atoms with Gasteiger partial charge in [-0.1, -0.05) is 17.3 Å². The molecule has 4 rings (SSSR count). The van der Waals surface area contributed by atoms with Crippen molar-refractivity contribution in [3.8, 4) is 0 Å². The van der Waals surface area contributed by atoms with Crippen molar-refractivity contribution >= 4 is 17.5 Å². The summed E-state index contributed by atoms with van der Waals surface area (Å²) in [5.41, 5.74) is 0.798. The molecule has 1 aromatic carbocycles. The molecule has 0 radical (unpaired) electrons. The van der Waals surface area contributed by atoms with Gasteiger partial charge in [-0.15, -0.1) is 0 Å². The predicted octanol–water partition coefficient (Wildman–Crippen LogP) is 2.29. The maximum absolute atomic E-state index is 13.5. The highest BCUT2D eigenvalue weighted by molar-refractivity contribution is 6.39. The monoisotopic (exact) mass is 396 g/mol. The van der Waals surface area contributed by atoms with E-state index in [0.29, 0.717) is 43.8 Å². The first-order chi connectivity index (χ1) is 14.0. The number of pyridine rings is 1. The van der Waals surface area contributed by atoms with Crippen LogP contribution in [-0.2, 0) is 16.2 Å². The Kier molecular flexibility index (Phi) is 5.24. The average Bonchev–Trinajstić information content (AvgIpc) is 3.15. The molecule has 8 heteroatoms. The Balaban J connectivity index is 1.37. The minimum Gasteiger partial charge on any atom is -0.386 e. The summed E-state index contributed by atoms with van der Waals surface area (Å²) in [6.07, 6.45) is 5.11. The zero-order valence-corrected chi connectivity index (χ0v) is 15.8. The molecule has 29 heavy (non-hydrogen) atoms. The van der Waals surface area contributed by atoms with Gasteiger partial charge in [0.2, 0.25) is 0 Å². The molecule has 2 aliphatic heterocycles. The molecule has 1 N–H and O–H groups in total. The first-order valence-corrected chi connectivity index (χ1v) is 9.52. The Bertz CT molecular complexity index is 950. The fraction of sp³-hybridized carbons (Fsp3) is 0.333. The number of carbonyl (C=O) groups is 2. The Morgan fingerprint density at radius 3 is 2.97 bits per heavy atom. The van der Waals surface area contributed by atoms with Crippen molar-refractivity contribution in [3.63, 3.8) is 0 Å². The SMILES string of the molecule is O=C(NCc1cccnc1)C1=NO[C@]2(CCCN(C(=O)c3cccc(F)c3)C2)C1. The van der Waals surface area contributed by atoms with E-state index in [-0.39, 0.29) is 11.8 Å². The van der Waals surface area contributed by atoms with E-state index in [0.717, 1.165) is 12.0 Å². The normalized spacial score (nSPS) is 20.9. The van der Waals surface area contributed by atoms with Crippen LogP contribution in [0.5, 0.6) is 0 Å². The summed E-state index contributed by atoms with van der Waals surface area (Å²) in [6.45, 7) is 1.22. The van der Waals surface area contributed by atoms with Crippen molar-refractivity contribution < 1.29 is 18.8 Å². The van der Waals surface area contributed by atoms with Crippen molar-refractivity contribution in [2.24, 2.45) is 5.16 Å². The van der Waals surface area contributed by atoms with Gasteiger partial charge in [-0.05, 0) is 42.7 Å². The van der Waals surface area contributed by atoms with Gasteiger partial charge >= 0.3 is 0 Å². The number of hydrogen-bond acceptors (Lipinski definition) is 5. The number of nitrogens with one attached hydrogen (secondary N) is 1. The van der Waals surface area contributed by atoms with Gasteiger partial charge in [0, 0.05) is 37.5 Å². The van der Waals surface area contributed by atoms with Gasteiger partial charge in [0.1, 0.15) is 11.5 Å². The number of oxime groups is 1. The molecule has 2 aliphatic rings. The summed E-state index contributed by atoms with van der Waals surface area (Å²) < 4.78 is 13.5. The third kappa shape index (κ3) is 4.26. The lowest BCUT2D eigenvalue weighted by Crippen LogP contribution is -2.51. The number of aromatic nitrogens is 1. The highest BCUT2D eigenvalue weighted by Gasteiger charge is 2.45. The van der Waals surface area contributed by atoms with Crippen LogP contribution in [0.4, 0.5) is 4.39 Å². The Hall–Kier alpha value is -3.29. The molecule has 7 nitrogen and oxygen atoms in total. The number of halogens is 1. The zero-order valence-electron chi connectivity index (χ0n) is 15.8. The second kappa shape index (κ2) is 7.98. The predicted molar refractivity (Wildman–Crippen MR) is 103 cm³/mol. The van der Waals surface area contributed by atoms with Crippen LogP contribution in [0.1, 0.15) is 35.2 Å². The Labute approximate surface area is 167 Å². The summed E-state index contributed by atoms with van der Waals surface area (Å²) in [7, 11) is 0. The standard InChI is InChI=1S/C21H21FN4O3/c22-17-6-1-5-16(10-17)20(28)26-9-3-7-21(14-26)11-18(25-29-21)19(27)24-13-15-4-2-8-23-12-15/h1-2,4-6,8,10,12H,3,7,9,11,13-14H2,(H,24,27)/t21-/m1/s1. The topological polar surface area (TPSA) is 83.9 Å². The Morgan fingerprint density at radius 1 is 1.28 bits per heavy atom. The number of piperidine rings is 1. The lowest BCUT2D eigenvalue weighted by Gasteiger charge is -2.38. The van der Waals surface area contributed by atoms with Crippen molar-refractivity contribution in [3.05, 3.63) is 65.7 Å². The van der Waals surface area contributed by atoms with E-state index in [1.54, 1.807) is 29.4 Å². The summed E-state index contributed by atoms with van der Waals surface area (Å²) in [5, 5.41) is 6.81. The largest absolute Gasteiger partial charge is 0.386 e. The van der Waals surface area contributed by atoms with E-state index >= 15 is 0 Å². The maximum Gasteiger partial charge on any atom is 0.269 e. The van der Waals surface area contributed by atoms with E-state index in [1.807, 2.05) is 6.07 Å². The molecule has 1 saturated heterocycles. The number of likely N-dealkylation sites (tertiary alicyclic amines) is 1. The molecule has 0 bridgehead atoms. The first kappa shape index (κ1) is 19.0. The van der Waals surface area contributed by atoms with Crippen LogP contribution in [-0.4, -0.2) is 46.1 Å². The number of amides is 2. The smallest absolute Gasteiger partial charge is 0.269 e. The second-order valence-corrected chi connectivity index (χ2v) is 7.37. The number of benzene rings is 1. The molecule has 3 heterocycles. The quantitative estimate of drug-likeness (QED) is 0.860. The fourth-order valence-electron chi connectivity index (χ4n) is 3.72. The van der Waals surface area contributed by atoms with Crippen molar-refractivity contribution in [2.45, 2.75) is 31.4 Å². The van der Waals surface area contributed by atoms with E-state index in [1.165, 1.54) is 18.2 Å². The fourth-order valence-corrected chi connectivity index (χ4v) is 3.72. The molecule has 2 amide bonds. The summed E-state index contributed by atoms with van der Waals surface area (Å²) in [4.78, 5) is 36.5. The van der Waals surface area contributed by atoms with Crippen molar-refractivity contribution in [1.82, 2.24) is 15.2 Å². The maximum atomic E-state index is 13.5. The van der Waals surface area contributed by atoms with E-state index in [9.17, 15) is 14.0 Å². The van der Waals surface area contributed by atoms with Gasteiger partial charge in [0.25, 0.3) is 11.8 Å². The number of rotatable bonds is 4. The molecule has 1 fully saturated rings. The van der Waals surface area contributed by atoms with Crippen molar-refractivity contribution in [1.29, 1.82) is 0 Å². The van der Waals surface area contributed by atoms with Crippen LogP contribution in [0, 0.1) is 5.82 Å². The highest BCUT2D eigenvalue weighted by Crippen LogP contribution is 2.34. The molecule has 0 aliphatic carbocycles. The van der Waals surface area contributed by atoms with Crippen LogP contribution in [0.3, 0.4) is 0 Å². The highest BCUT2D eigenvalue weighted by atomic mass is 19.1. The van der Waals surface area contributed by atoms with Gasteiger partial charge in [-0.3, -0.25) is 14.6 Å². The lowest BCUT2D eigenvalue weighted by molar-refractivity contribution is -0.115. The van der Waals surface area contributed by atoms with E-state index < -0.39 is 11.4 Å². The third-order valence-corrected chi connectivity index (χ3v) is 5.18. The molecular weight excluding hydrogens is 375 g/mol. The lowest BCUT2D eigenvalue weighted by atomic mass is 9.87. The zero-order chi connectivity index (χ0) is 20.3. The molecule has 150 valence electrons. The summed E-state index contributed by atoms with van der Waals surface area (Å²) in [5.74, 6) is -0.989. The molecular formula is C21H21FN4O3. The second-order valence-electron chi connectivity index (χ2n) is 7.37. The van der Waals surface area contributed by atoms with Gasteiger partial charge in [0.05, 0.1) is 6.54 Å². The minimum absolute atomic E-state index is 0.248. The van der Waals surface area contributed by atoms with Crippen molar-refractivity contribution in [2.75, 3.05) is 13.1 Å². The van der Waals surface area contributed by atoms with Crippen LogP contribution < -0.4 is 5.32 Å². The van der Waals surface area contributed by atoms with E-state index in [4.69, 9.17) is 4.84 Å². The number of hydrogen-bond donors (Lipinski definition) is 1. The van der Waals surface area contributed by atoms with Crippen LogP contribution in [0.15, 0.2) is 53.9 Å². The average molecular weight is 396 g/mol. The number of nitrogens with zero attached hydrogens (tertiary/aromatic N) is 3. The molecule has 0 saturated carbocycles. The molecule has 1 atom stereocenters. The van der Waals surface area contributed by atoms with E-state index in [2.05, 4.69) is 15.5 Å². The molecule has 1 aromatic heterocycles. The van der Waals surface area contributed by atoms with Gasteiger partial charge in [0.15, 0.2) is 5.60 Å². The number of carbonyl (C=O) groups excluding carboxylic acids is 2. The van der Waals surface area contributed by atoms with Crippen LogP contribution in [0.25, 0.3) is 0 Å². The third-order valence-electron chi connectivity index (χ3n) is 5.18. The van der Waals surface area contributed by atoms with Crippen LogP contribution in [0.2, 0.25) is 0 Å². The molecule has 1 spiro atoms. The summed E-state index contributed by atoms with van der Waals surface area (Å²) in [6, 6.07) is 9.32. The Morgan fingerprint density at radius 2 is 2.17 bits per heavy atom. The van der Waals surface area contributed by atoms with Gasteiger partial charge < -0.3 is 15.1 Å². The first-order valence-electron chi connectivity index (χ1n) is 9.52.